The van der Waals surface area contributed by atoms with Crippen molar-refractivity contribution in [1.29, 1.82) is 0 Å². The highest BCUT2D eigenvalue weighted by Crippen LogP contribution is 2.15. The summed E-state index contributed by atoms with van der Waals surface area (Å²) in [6, 6.07) is 0. The van der Waals surface area contributed by atoms with Crippen LogP contribution in [0, 0.1) is 5.92 Å². The minimum Gasteiger partial charge on any atom is -0.343 e. The smallest absolute Gasteiger partial charge is 0.223 e. The Kier molecular flexibility index (Phi) is 5.81. The van der Waals surface area contributed by atoms with Gasteiger partial charge in [0.25, 0.3) is 0 Å². The molecule has 0 aromatic rings. The summed E-state index contributed by atoms with van der Waals surface area (Å²) < 4.78 is 0. The first-order chi connectivity index (χ1) is 7.67. The van der Waals surface area contributed by atoms with E-state index in [1.807, 2.05) is 18.7 Å². The Bertz CT molecular complexity index is 206. The van der Waals surface area contributed by atoms with Crippen LogP contribution >= 0.6 is 0 Å². The molecule has 0 N–H and O–H groups in total. The maximum Gasteiger partial charge on any atom is 0.223 e. The molecule has 0 unspecified atom stereocenters. The zero-order valence-corrected chi connectivity index (χ0v) is 11.0. The molecule has 3 nitrogen and oxygen atoms in total. The molecule has 0 atom stereocenters. The van der Waals surface area contributed by atoms with Crippen LogP contribution in [0.4, 0.5) is 0 Å². The van der Waals surface area contributed by atoms with E-state index in [2.05, 4.69) is 11.8 Å². The summed E-state index contributed by atoms with van der Waals surface area (Å²) in [5, 5.41) is 0. The fraction of sp³-hybridized carbons (Fsp3) is 0.923. The van der Waals surface area contributed by atoms with Crippen molar-refractivity contribution in [3.63, 3.8) is 0 Å². The van der Waals surface area contributed by atoms with E-state index < -0.39 is 0 Å². The zero-order valence-electron chi connectivity index (χ0n) is 11.0. The summed E-state index contributed by atoms with van der Waals surface area (Å²) >= 11 is 0. The second-order valence-electron chi connectivity index (χ2n) is 4.84. The van der Waals surface area contributed by atoms with Gasteiger partial charge >= 0.3 is 0 Å². The van der Waals surface area contributed by atoms with Crippen LogP contribution < -0.4 is 0 Å². The number of hydrogen-bond donors (Lipinski definition) is 0. The van der Waals surface area contributed by atoms with Crippen molar-refractivity contribution < 1.29 is 4.79 Å². The summed E-state index contributed by atoms with van der Waals surface area (Å²) in [4.78, 5) is 16.2. The van der Waals surface area contributed by atoms with Gasteiger partial charge in [0.05, 0.1) is 0 Å². The van der Waals surface area contributed by atoms with E-state index in [0.29, 0.717) is 12.3 Å². The lowest BCUT2D eigenvalue weighted by Crippen LogP contribution is -2.37. The minimum absolute atomic E-state index is 0.309. The lowest BCUT2D eigenvalue weighted by molar-refractivity contribution is -0.131. The molecule has 0 radical (unpaired) electrons. The molecule has 16 heavy (non-hydrogen) atoms. The first-order valence-corrected chi connectivity index (χ1v) is 6.67. The minimum atomic E-state index is 0.309. The van der Waals surface area contributed by atoms with E-state index in [4.69, 9.17) is 0 Å². The average molecular weight is 226 g/mol. The predicted molar refractivity (Wildman–Crippen MR) is 67.4 cm³/mol. The Morgan fingerprint density at radius 2 is 1.81 bits per heavy atom. The molecule has 1 heterocycles. The van der Waals surface area contributed by atoms with E-state index in [0.717, 1.165) is 25.6 Å². The van der Waals surface area contributed by atoms with Gasteiger partial charge in [-0.1, -0.05) is 6.92 Å². The number of carbonyl (C=O) groups excluding carboxylic acids is 1. The van der Waals surface area contributed by atoms with Crippen LogP contribution in [0.3, 0.4) is 0 Å². The van der Waals surface area contributed by atoms with Crippen LogP contribution in [-0.4, -0.2) is 48.4 Å². The molecule has 0 bridgehead atoms. The van der Waals surface area contributed by atoms with Crippen molar-refractivity contribution in [2.75, 3.05) is 32.7 Å². The van der Waals surface area contributed by atoms with Crippen molar-refractivity contribution in [3.8, 4) is 0 Å². The number of nitrogens with zero attached hydrogens (tertiary/aromatic N) is 2. The fourth-order valence-corrected chi connectivity index (χ4v) is 2.27. The van der Waals surface area contributed by atoms with Crippen molar-refractivity contribution in [2.45, 2.75) is 40.0 Å². The van der Waals surface area contributed by atoms with Crippen LogP contribution in [0.15, 0.2) is 0 Å². The molecular formula is C13H26N2O. The number of carbonyl (C=O) groups is 1. The molecular weight excluding hydrogens is 200 g/mol. The molecule has 1 saturated heterocycles. The van der Waals surface area contributed by atoms with E-state index in [1.165, 1.54) is 25.9 Å². The maximum absolute atomic E-state index is 11.8. The third kappa shape index (κ3) is 4.12. The molecule has 1 aliphatic rings. The molecule has 0 spiro atoms. The molecule has 0 aliphatic carbocycles. The first kappa shape index (κ1) is 13.5. The SMILES string of the molecule is CCN(CC)C(=O)CCN1CCC(C)CC1. The average Bonchev–Trinajstić information content (AvgIpc) is 2.30. The molecule has 94 valence electrons. The highest BCUT2D eigenvalue weighted by molar-refractivity contribution is 5.76. The molecule has 0 aromatic carbocycles. The quantitative estimate of drug-likeness (QED) is 0.715. The second-order valence-corrected chi connectivity index (χ2v) is 4.84. The van der Waals surface area contributed by atoms with Crippen molar-refractivity contribution in [3.05, 3.63) is 0 Å². The lowest BCUT2D eigenvalue weighted by Gasteiger charge is -2.30. The van der Waals surface area contributed by atoms with E-state index in [9.17, 15) is 4.79 Å². The summed E-state index contributed by atoms with van der Waals surface area (Å²) in [5.41, 5.74) is 0. The van der Waals surface area contributed by atoms with Crippen LogP contribution in [0.5, 0.6) is 0 Å². The van der Waals surface area contributed by atoms with Gasteiger partial charge in [-0.3, -0.25) is 4.79 Å². The summed E-state index contributed by atoms with van der Waals surface area (Å²) in [6.07, 6.45) is 3.27. The topological polar surface area (TPSA) is 23.6 Å². The Morgan fingerprint density at radius 1 is 1.25 bits per heavy atom. The third-order valence-corrected chi connectivity index (χ3v) is 3.63. The Hall–Kier alpha value is -0.570. The van der Waals surface area contributed by atoms with Gasteiger partial charge in [-0.2, -0.15) is 0 Å². The molecule has 1 rings (SSSR count). The molecule has 0 aromatic heterocycles. The van der Waals surface area contributed by atoms with Gasteiger partial charge in [-0.15, -0.1) is 0 Å². The zero-order chi connectivity index (χ0) is 12.0. The van der Waals surface area contributed by atoms with Gasteiger partial charge in [0.1, 0.15) is 0 Å². The Balaban J connectivity index is 2.21. The van der Waals surface area contributed by atoms with Crippen LogP contribution in [0.25, 0.3) is 0 Å². The molecule has 0 saturated carbocycles. The maximum atomic E-state index is 11.8. The van der Waals surface area contributed by atoms with Gasteiger partial charge in [-0.05, 0) is 45.7 Å². The van der Waals surface area contributed by atoms with E-state index >= 15 is 0 Å². The Morgan fingerprint density at radius 3 is 2.31 bits per heavy atom. The summed E-state index contributed by atoms with van der Waals surface area (Å²) in [6.45, 7) is 11.4. The number of likely N-dealkylation sites (tertiary alicyclic amines) is 1. The molecule has 3 heteroatoms. The highest BCUT2D eigenvalue weighted by Gasteiger charge is 2.17. The van der Waals surface area contributed by atoms with E-state index in [-0.39, 0.29) is 0 Å². The van der Waals surface area contributed by atoms with Crippen molar-refractivity contribution >= 4 is 5.91 Å². The van der Waals surface area contributed by atoms with E-state index in [1.54, 1.807) is 0 Å². The van der Waals surface area contributed by atoms with Gasteiger partial charge in [0.15, 0.2) is 0 Å². The fourth-order valence-electron chi connectivity index (χ4n) is 2.27. The van der Waals surface area contributed by atoms with Gasteiger partial charge < -0.3 is 9.80 Å². The molecule has 1 fully saturated rings. The standard InChI is InChI=1S/C13H26N2O/c1-4-15(5-2)13(16)8-11-14-9-6-12(3)7-10-14/h12H,4-11H2,1-3H3. The van der Waals surface area contributed by atoms with Crippen LogP contribution in [-0.2, 0) is 4.79 Å². The van der Waals surface area contributed by atoms with Gasteiger partial charge in [0.2, 0.25) is 5.91 Å². The van der Waals surface area contributed by atoms with Crippen LogP contribution in [0.2, 0.25) is 0 Å². The van der Waals surface area contributed by atoms with Crippen molar-refractivity contribution in [1.82, 2.24) is 9.80 Å². The van der Waals surface area contributed by atoms with Gasteiger partial charge in [0, 0.05) is 26.1 Å². The lowest BCUT2D eigenvalue weighted by atomic mass is 9.99. The predicted octanol–water partition coefficient (Wildman–Crippen LogP) is 1.98. The largest absolute Gasteiger partial charge is 0.343 e. The first-order valence-electron chi connectivity index (χ1n) is 6.67. The van der Waals surface area contributed by atoms with Crippen molar-refractivity contribution in [2.24, 2.45) is 5.92 Å². The van der Waals surface area contributed by atoms with Gasteiger partial charge in [-0.25, -0.2) is 0 Å². The highest BCUT2D eigenvalue weighted by atomic mass is 16.2. The monoisotopic (exact) mass is 226 g/mol. The number of rotatable bonds is 5. The number of amides is 1. The third-order valence-electron chi connectivity index (χ3n) is 3.63. The number of hydrogen-bond acceptors (Lipinski definition) is 2. The number of piperidine rings is 1. The normalized spacial score (nSPS) is 18.7. The Labute approximate surface area is 99.8 Å². The summed E-state index contributed by atoms with van der Waals surface area (Å²) in [7, 11) is 0. The second kappa shape index (κ2) is 6.89. The van der Waals surface area contributed by atoms with Crippen LogP contribution in [0.1, 0.15) is 40.0 Å². The summed E-state index contributed by atoms with van der Waals surface area (Å²) in [5.74, 6) is 1.18. The molecule has 1 amide bonds. The molecule has 1 aliphatic heterocycles.